The number of nitrogens with one attached hydrogen (secondary N) is 1. The van der Waals surface area contributed by atoms with Gasteiger partial charge in [-0.15, -0.1) is 0 Å². The number of nitrogens with zero attached hydrogens (tertiary/aromatic N) is 2. The van der Waals surface area contributed by atoms with E-state index in [-0.39, 0.29) is 6.04 Å². The summed E-state index contributed by atoms with van der Waals surface area (Å²) in [6.07, 6.45) is 1.91. The summed E-state index contributed by atoms with van der Waals surface area (Å²) in [7, 11) is 1.89. The standard InChI is InChI=1S/C9H12N4S/c1-13-4-2-8(12-13)9(11-10)7-3-5-14-6-7/h2-6,9,11H,10H2,1H3. The summed E-state index contributed by atoms with van der Waals surface area (Å²) in [4.78, 5) is 0. The first kappa shape index (κ1) is 9.39. The summed E-state index contributed by atoms with van der Waals surface area (Å²) in [5.74, 6) is 5.51. The molecule has 5 heteroatoms. The molecule has 2 aromatic rings. The maximum absolute atomic E-state index is 5.51. The summed E-state index contributed by atoms with van der Waals surface area (Å²) >= 11 is 1.65. The van der Waals surface area contributed by atoms with E-state index in [0.717, 1.165) is 11.3 Å². The lowest BCUT2D eigenvalue weighted by Crippen LogP contribution is -2.28. The molecular formula is C9H12N4S. The quantitative estimate of drug-likeness (QED) is 0.585. The highest BCUT2D eigenvalue weighted by atomic mass is 32.1. The number of hydrogen-bond acceptors (Lipinski definition) is 4. The van der Waals surface area contributed by atoms with Crippen LogP contribution in [0.1, 0.15) is 17.3 Å². The van der Waals surface area contributed by atoms with E-state index < -0.39 is 0 Å². The van der Waals surface area contributed by atoms with Gasteiger partial charge in [-0.05, 0) is 28.5 Å². The molecule has 14 heavy (non-hydrogen) atoms. The summed E-state index contributed by atoms with van der Waals surface area (Å²) in [6, 6.07) is 3.99. The normalized spacial score (nSPS) is 13.0. The van der Waals surface area contributed by atoms with Gasteiger partial charge in [0.05, 0.1) is 11.7 Å². The van der Waals surface area contributed by atoms with E-state index in [1.807, 2.05) is 30.8 Å². The number of hydrazine groups is 1. The van der Waals surface area contributed by atoms with E-state index in [4.69, 9.17) is 5.84 Å². The van der Waals surface area contributed by atoms with Crippen molar-refractivity contribution in [3.05, 3.63) is 40.3 Å². The number of thiophene rings is 1. The summed E-state index contributed by atoms with van der Waals surface area (Å²) in [5, 5.41) is 8.42. The lowest BCUT2D eigenvalue weighted by molar-refractivity contribution is 0.605. The minimum Gasteiger partial charge on any atom is -0.275 e. The molecule has 0 aromatic carbocycles. The van der Waals surface area contributed by atoms with Gasteiger partial charge in [0, 0.05) is 13.2 Å². The van der Waals surface area contributed by atoms with Crippen molar-refractivity contribution >= 4 is 11.3 Å². The highest BCUT2D eigenvalue weighted by molar-refractivity contribution is 7.08. The summed E-state index contributed by atoms with van der Waals surface area (Å²) in [6.45, 7) is 0. The number of hydrogen-bond donors (Lipinski definition) is 2. The van der Waals surface area contributed by atoms with Crippen LogP contribution >= 0.6 is 11.3 Å². The van der Waals surface area contributed by atoms with Crippen molar-refractivity contribution in [2.24, 2.45) is 12.9 Å². The van der Waals surface area contributed by atoms with Crippen molar-refractivity contribution in [2.45, 2.75) is 6.04 Å². The van der Waals surface area contributed by atoms with Gasteiger partial charge in [0.15, 0.2) is 0 Å². The molecule has 2 heterocycles. The van der Waals surface area contributed by atoms with Crippen LogP contribution in [-0.2, 0) is 7.05 Å². The van der Waals surface area contributed by atoms with Gasteiger partial charge in [0.1, 0.15) is 0 Å². The first-order valence-corrected chi connectivity index (χ1v) is 5.23. The largest absolute Gasteiger partial charge is 0.275 e. The van der Waals surface area contributed by atoms with E-state index >= 15 is 0 Å². The van der Waals surface area contributed by atoms with Crippen LogP contribution in [0, 0.1) is 0 Å². The molecule has 4 nitrogen and oxygen atoms in total. The van der Waals surface area contributed by atoms with Gasteiger partial charge in [-0.25, -0.2) is 5.43 Å². The molecule has 0 bridgehead atoms. The average molecular weight is 208 g/mol. The third-order valence-corrected chi connectivity index (χ3v) is 2.77. The third-order valence-electron chi connectivity index (χ3n) is 2.07. The number of aromatic nitrogens is 2. The van der Waals surface area contributed by atoms with Gasteiger partial charge in [0.25, 0.3) is 0 Å². The van der Waals surface area contributed by atoms with Crippen LogP contribution in [0.15, 0.2) is 29.1 Å². The molecule has 0 aliphatic heterocycles. The van der Waals surface area contributed by atoms with Gasteiger partial charge < -0.3 is 0 Å². The Labute approximate surface area is 86.3 Å². The summed E-state index contributed by atoms with van der Waals surface area (Å²) in [5.41, 5.74) is 4.85. The van der Waals surface area contributed by atoms with Gasteiger partial charge in [-0.1, -0.05) is 0 Å². The fraction of sp³-hybridized carbons (Fsp3) is 0.222. The number of nitrogens with two attached hydrogens (primary N) is 1. The van der Waals surface area contributed by atoms with Crippen molar-refractivity contribution < 1.29 is 0 Å². The molecule has 0 fully saturated rings. The SMILES string of the molecule is Cn1ccc(C(NN)c2ccsc2)n1. The highest BCUT2D eigenvalue weighted by Gasteiger charge is 2.14. The number of rotatable bonds is 3. The van der Waals surface area contributed by atoms with E-state index in [2.05, 4.69) is 15.9 Å². The zero-order chi connectivity index (χ0) is 9.97. The van der Waals surface area contributed by atoms with E-state index in [0.29, 0.717) is 0 Å². The number of aryl methyl sites for hydroxylation is 1. The van der Waals surface area contributed by atoms with Gasteiger partial charge in [0.2, 0.25) is 0 Å². The van der Waals surface area contributed by atoms with Gasteiger partial charge >= 0.3 is 0 Å². The van der Waals surface area contributed by atoms with Crippen LogP contribution < -0.4 is 11.3 Å². The molecule has 0 spiro atoms. The Kier molecular flexibility index (Phi) is 2.62. The molecule has 0 saturated heterocycles. The molecule has 2 aromatic heterocycles. The molecule has 1 unspecified atom stereocenters. The molecule has 0 amide bonds. The average Bonchev–Trinajstić information content (AvgIpc) is 2.79. The monoisotopic (exact) mass is 208 g/mol. The second-order valence-electron chi connectivity index (χ2n) is 3.07. The maximum atomic E-state index is 5.51. The second-order valence-corrected chi connectivity index (χ2v) is 3.85. The van der Waals surface area contributed by atoms with Crippen LogP contribution in [0.3, 0.4) is 0 Å². The van der Waals surface area contributed by atoms with Crippen LogP contribution in [0.25, 0.3) is 0 Å². The molecule has 0 aliphatic rings. The van der Waals surface area contributed by atoms with E-state index in [1.165, 1.54) is 0 Å². The molecule has 3 N–H and O–H groups in total. The molecular weight excluding hydrogens is 196 g/mol. The maximum Gasteiger partial charge on any atom is 0.0907 e. The molecule has 0 radical (unpaired) electrons. The van der Waals surface area contributed by atoms with Crippen LogP contribution in [-0.4, -0.2) is 9.78 Å². The Bertz CT molecular complexity index is 393. The zero-order valence-corrected chi connectivity index (χ0v) is 8.66. The Morgan fingerprint density at radius 3 is 2.93 bits per heavy atom. The highest BCUT2D eigenvalue weighted by Crippen LogP contribution is 2.21. The molecule has 74 valence electrons. The van der Waals surface area contributed by atoms with Gasteiger partial charge in [-0.2, -0.15) is 16.4 Å². The topological polar surface area (TPSA) is 55.9 Å². The fourth-order valence-electron chi connectivity index (χ4n) is 1.38. The third kappa shape index (κ3) is 1.70. The smallest absolute Gasteiger partial charge is 0.0907 e. The molecule has 2 rings (SSSR count). The van der Waals surface area contributed by atoms with Crippen molar-refractivity contribution in [2.75, 3.05) is 0 Å². The lowest BCUT2D eigenvalue weighted by atomic mass is 10.1. The van der Waals surface area contributed by atoms with E-state index in [1.54, 1.807) is 16.0 Å². The van der Waals surface area contributed by atoms with Crippen molar-refractivity contribution in [3.63, 3.8) is 0 Å². The Hall–Kier alpha value is -1.17. The zero-order valence-electron chi connectivity index (χ0n) is 7.84. The molecule has 0 saturated carbocycles. The Morgan fingerprint density at radius 1 is 1.57 bits per heavy atom. The predicted octanol–water partition coefficient (Wildman–Crippen LogP) is 1.03. The van der Waals surface area contributed by atoms with Crippen molar-refractivity contribution in [1.82, 2.24) is 15.2 Å². The molecule has 1 atom stereocenters. The van der Waals surface area contributed by atoms with Crippen LogP contribution in [0.2, 0.25) is 0 Å². The molecule has 0 aliphatic carbocycles. The predicted molar refractivity (Wildman–Crippen MR) is 56.7 cm³/mol. The summed E-state index contributed by atoms with van der Waals surface area (Å²) < 4.78 is 1.77. The Balaban J connectivity index is 2.31. The van der Waals surface area contributed by atoms with Crippen LogP contribution in [0.4, 0.5) is 0 Å². The lowest BCUT2D eigenvalue weighted by Gasteiger charge is -2.11. The first-order valence-electron chi connectivity index (χ1n) is 4.29. The van der Waals surface area contributed by atoms with E-state index in [9.17, 15) is 0 Å². The van der Waals surface area contributed by atoms with Crippen LogP contribution in [0.5, 0.6) is 0 Å². The van der Waals surface area contributed by atoms with Crippen molar-refractivity contribution in [1.29, 1.82) is 0 Å². The first-order chi connectivity index (χ1) is 6.81. The fourth-order valence-corrected chi connectivity index (χ4v) is 2.06. The second kappa shape index (κ2) is 3.91. The minimum absolute atomic E-state index is 0.0116. The van der Waals surface area contributed by atoms with Gasteiger partial charge in [-0.3, -0.25) is 10.5 Å². The minimum atomic E-state index is -0.0116. The Morgan fingerprint density at radius 2 is 2.43 bits per heavy atom. The van der Waals surface area contributed by atoms with Crippen molar-refractivity contribution in [3.8, 4) is 0 Å².